The molecule has 2 unspecified atom stereocenters. The lowest BCUT2D eigenvalue weighted by molar-refractivity contribution is -0.132. The lowest BCUT2D eigenvalue weighted by atomic mass is 9.64. The quantitative estimate of drug-likeness (QED) is 0.825. The van der Waals surface area contributed by atoms with Crippen LogP contribution < -0.4 is 5.32 Å². The van der Waals surface area contributed by atoms with Crippen LogP contribution in [0.1, 0.15) is 52.9 Å². The summed E-state index contributed by atoms with van der Waals surface area (Å²) in [5.74, 6) is 1.54. The van der Waals surface area contributed by atoms with Gasteiger partial charge in [0, 0.05) is 12.0 Å². The molecule has 0 saturated heterocycles. The van der Waals surface area contributed by atoms with Crippen LogP contribution in [-0.4, -0.2) is 39.5 Å². The van der Waals surface area contributed by atoms with Gasteiger partial charge in [0.05, 0.1) is 18.7 Å². The second-order valence-corrected chi connectivity index (χ2v) is 6.58. The second kappa shape index (κ2) is 6.18. The summed E-state index contributed by atoms with van der Waals surface area (Å²) < 4.78 is 7.75. The molecular formula is C14H27N5O. The van der Waals surface area contributed by atoms with E-state index in [9.17, 15) is 0 Å². The van der Waals surface area contributed by atoms with Crippen molar-refractivity contribution in [1.29, 1.82) is 0 Å². The molecule has 0 aliphatic heterocycles. The Balaban J connectivity index is 1.99. The molecule has 6 nitrogen and oxygen atoms in total. The fraction of sp³-hybridized carbons (Fsp3) is 0.929. The zero-order valence-electron chi connectivity index (χ0n) is 13.3. The molecule has 0 amide bonds. The van der Waals surface area contributed by atoms with Gasteiger partial charge in [-0.05, 0) is 36.2 Å². The fourth-order valence-corrected chi connectivity index (χ4v) is 2.81. The molecule has 1 fully saturated rings. The summed E-state index contributed by atoms with van der Waals surface area (Å²) in [6.07, 6.45) is 1.29. The Morgan fingerprint density at radius 3 is 2.80 bits per heavy atom. The zero-order chi connectivity index (χ0) is 14.8. The number of hydrogen-bond donors (Lipinski definition) is 1. The molecule has 0 bridgehead atoms. The van der Waals surface area contributed by atoms with Crippen LogP contribution in [-0.2, 0) is 11.3 Å². The molecule has 0 aromatic carbocycles. The highest BCUT2D eigenvalue weighted by Crippen LogP contribution is 2.51. The Morgan fingerprint density at radius 1 is 1.45 bits per heavy atom. The van der Waals surface area contributed by atoms with Crippen molar-refractivity contribution in [3.63, 3.8) is 0 Å². The molecule has 20 heavy (non-hydrogen) atoms. The summed E-state index contributed by atoms with van der Waals surface area (Å²) in [4.78, 5) is 0. The smallest absolute Gasteiger partial charge is 0.165 e. The molecule has 2 rings (SSSR count). The number of nitrogens with zero attached hydrogens (tertiary/aromatic N) is 4. The predicted molar refractivity (Wildman–Crippen MR) is 77.2 cm³/mol. The van der Waals surface area contributed by atoms with Gasteiger partial charge in [-0.25, -0.2) is 4.68 Å². The summed E-state index contributed by atoms with van der Waals surface area (Å²) >= 11 is 0. The minimum absolute atomic E-state index is 0.0815. The maximum Gasteiger partial charge on any atom is 0.165 e. The molecule has 1 N–H and O–H groups in total. The van der Waals surface area contributed by atoms with Crippen LogP contribution in [0.4, 0.5) is 0 Å². The van der Waals surface area contributed by atoms with E-state index in [1.165, 1.54) is 0 Å². The largest absolute Gasteiger partial charge is 0.378 e. The Morgan fingerprint density at radius 2 is 2.20 bits per heavy atom. The minimum Gasteiger partial charge on any atom is -0.378 e. The van der Waals surface area contributed by atoms with Crippen LogP contribution in [0.15, 0.2) is 0 Å². The number of tetrazole rings is 1. The van der Waals surface area contributed by atoms with Crippen molar-refractivity contribution in [3.8, 4) is 0 Å². The van der Waals surface area contributed by atoms with Gasteiger partial charge in [0.2, 0.25) is 0 Å². The van der Waals surface area contributed by atoms with E-state index < -0.39 is 0 Å². The maximum atomic E-state index is 5.78. The third kappa shape index (κ3) is 3.01. The molecule has 1 saturated carbocycles. The first kappa shape index (κ1) is 15.4. The molecular weight excluding hydrogens is 254 g/mol. The Labute approximate surface area is 121 Å². The SMILES string of the molecule is CCOC1CC(n2nnnc2CNCC(C)C)C1(C)C. The van der Waals surface area contributed by atoms with Crippen LogP contribution in [0.3, 0.4) is 0 Å². The monoisotopic (exact) mass is 281 g/mol. The van der Waals surface area contributed by atoms with Crippen molar-refractivity contribution in [2.45, 2.75) is 59.7 Å². The number of ether oxygens (including phenoxy) is 1. The normalized spacial score (nSPS) is 24.9. The summed E-state index contributed by atoms with van der Waals surface area (Å²) in [5.41, 5.74) is 0.0815. The lowest BCUT2D eigenvalue weighted by Gasteiger charge is -2.51. The lowest BCUT2D eigenvalue weighted by Crippen LogP contribution is -2.52. The van der Waals surface area contributed by atoms with Gasteiger partial charge in [-0.2, -0.15) is 0 Å². The van der Waals surface area contributed by atoms with Gasteiger partial charge >= 0.3 is 0 Å². The average molecular weight is 281 g/mol. The van der Waals surface area contributed by atoms with Gasteiger partial charge in [-0.15, -0.1) is 5.10 Å². The van der Waals surface area contributed by atoms with E-state index in [1.807, 2.05) is 11.6 Å². The first-order valence-corrected chi connectivity index (χ1v) is 7.55. The molecule has 114 valence electrons. The van der Waals surface area contributed by atoms with Gasteiger partial charge in [-0.3, -0.25) is 0 Å². The average Bonchev–Trinajstić information content (AvgIpc) is 2.81. The van der Waals surface area contributed by atoms with Crippen molar-refractivity contribution < 1.29 is 4.74 Å². The molecule has 0 spiro atoms. The van der Waals surface area contributed by atoms with Crippen molar-refractivity contribution >= 4 is 0 Å². The van der Waals surface area contributed by atoms with E-state index >= 15 is 0 Å². The number of aromatic nitrogens is 4. The van der Waals surface area contributed by atoms with Gasteiger partial charge in [0.15, 0.2) is 5.82 Å². The standard InChI is InChI=1S/C14H27N5O/c1-6-20-12-7-11(14(12,4)5)19-13(16-17-18-19)9-15-8-10(2)3/h10-12,15H,6-9H2,1-5H3. The first-order chi connectivity index (χ1) is 9.46. The third-order valence-corrected chi connectivity index (χ3v) is 4.19. The Kier molecular flexibility index (Phi) is 4.75. The van der Waals surface area contributed by atoms with Crippen molar-refractivity contribution in [3.05, 3.63) is 5.82 Å². The molecule has 1 aliphatic carbocycles. The van der Waals surface area contributed by atoms with Crippen molar-refractivity contribution in [2.75, 3.05) is 13.2 Å². The molecule has 1 aromatic rings. The topological polar surface area (TPSA) is 64.9 Å². The Bertz CT molecular complexity index is 429. The highest BCUT2D eigenvalue weighted by molar-refractivity contribution is 5.03. The summed E-state index contributed by atoms with van der Waals surface area (Å²) in [6, 6.07) is 0.324. The number of nitrogens with one attached hydrogen (secondary N) is 1. The van der Waals surface area contributed by atoms with E-state index in [-0.39, 0.29) is 5.41 Å². The molecule has 2 atom stereocenters. The highest BCUT2D eigenvalue weighted by Gasteiger charge is 2.51. The highest BCUT2D eigenvalue weighted by atomic mass is 16.5. The fourth-order valence-electron chi connectivity index (χ4n) is 2.81. The Hall–Kier alpha value is -1.01. The third-order valence-electron chi connectivity index (χ3n) is 4.19. The van der Waals surface area contributed by atoms with Gasteiger partial charge in [0.25, 0.3) is 0 Å². The van der Waals surface area contributed by atoms with Crippen molar-refractivity contribution in [2.24, 2.45) is 11.3 Å². The first-order valence-electron chi connectivity index (χ1n) is 7.55. The molecule has 1 aliphatic rings. The molecule has 1 heterocycles. The maximum absolute atomic E-state index is 5.78. The van der Waals surface area contributed by atoms with Crippen LogP contribution >= 0.6 is 0 Å². The van der Waals surface area contributed by atoms with Gasteiger partial charge in [-0.1, -0.05) is 27.7 Å². The second-order valence-electron chi connectivity index (χ2n) is 6.58. The van der Waals surface area contributed by atoms with E-state index in [0.29, 0.717) is 18.1 Å². The van der Waals surface area contributed by atoms with Crippen LogP contribution in [0.5, 0.6) is 0 Å². The van der Waals surface area contributed by atoms with E-state index in [1.54, 1.807) is 0 Å². The predicted octanol–water partition coefficient (Wildman–Crippen LogP) is 1.79. The van der Waals surface area contributed by atoms with Crippen LogP contribution in [0, 0.1) is 11.3 Å². The van der Waals surface area contributed by atoms with E-state index in [4.69, 9.17) is 4.74 Å². The van der Waals surface area contributed by atoms with E-state index in [0.717, 1.165) is 31.9 Å². The van der Waals surface area contributed by atoms with Gasteiger partial charge in [0.1, 0.15) is 0 Å². The summed E-state index contributed by atoms with van der Waals surface area (Å²) in [7, 11) is 0. The molecule has 1 aromatic heterocycles. The van der Waals surface area contributed by atoms with Crippen molar-refractivity contribution in [1.82, 2.24) is 25.5 Å². The number of hydrogen-bond acceptors (Lipinski definition) is 5. The summed E-state index contributed by atoms with van der Waals surface area (Å²) in [5, 5.41) is 15.6. The van der Waals surface area contributed by atoms with Crippen LogP contribution in [0.2, 0.25) is 0 Å². The molecule has 6 heteroatoms. The zero-order valence-corrected chi connectivity index (χ0v) is 13.3. The molecule has 0 radical (unpaired) electrons. The summed E-state index contributed by atoms with van der Waals surface area (Å²) in [6.45, 7) is 13.3. The minimum atomic E-state index is 0.0815. The van der Waals surface area contributed by atoms with Crippen LogP contribution in [0.25, 0.3) is 0 Å². The number of rotatable bonds is 7. The van der Waals surface area contributed by atoms with Gasteiger partial charge < -0.3 is 10.1 Å². The van der Waals surface area contributed by atoms with E-state index in [2.05, 4.69) is 48.5 Å².